The van der Waals surface area contributed by atoms with Crippen LogP contribution in [0.2, 0.25) is 0 Å². The summed E-state index contributed by atoms with van der Waals surface area (Å²) >= 11 is 0. The van der Waals surface area contributed by atoms with Crippen molar-refractivity contribution in [2.24, 2.45) is 11.6 Å². The number of hydrogen-bond donors (Lipinski definition) is 4. The van der Waals surface area contributed by atoms with E-state index in [0.29, 0.717) is 33.7 Å². The number of hydrazine groups is 1. The number of fused-ring (bicyclic) bond motifs is 1. The van der Waals surface area contributed by atoms with Gasteiger partial charge >= 0.3 is 0 Å². The fraction of sp³-hybridized carbons (Fsp3) is 0.304. The molecule has 1 fully saturated rings. The molecule has 0 amide bonds. The van der Waals surface area contributed by atoms with Crippen LogP contribution in [0.5, 0.6) is 0 Å². The molecule has 1 atom stereocenters. The summed E-state index contributed by atoms with van der Waals surface area (Å²) in [4.78, 5) is 12.3. The summed E-state index contributed by atoms with van der Waals surface area (Å²) in [5.41, 5.74) is 7.10. The van der Waals surface area contributed by atoms with Gasteiger partial charge in [-0.3, -0.25) is 0 Å². The third-order valence-electron chi connectivity index (χ3n) is 6.11. The predicted octanol–water partition coefficient (Wildman–Crippen LogP) is 3.31. The molecule has 2 aromatic heterocycles. The Morgan fingerprint density at radius 3 is 2.63 bits per heavy atom. The molecule has 6 N–H and O–H groups in total. The maximum atomic E-state index is 13.7. The number of nitriles is 1. The van der Waals surface area contributed by atoms with Crippen molar-refractivity contribution >= 4 is 22.4 Å². The van der Waals surface area contributed by atoms with Crippen molar-refractivity contribution in [3.63, 3.8) is 0 Å². The number of hydrogen-bond acceptors (Lipinski definition) is 9. The summed E-state index contributed by atoms with van der Waals surface area (Å²) in [6, 6.07) is 7.30. The smallest absolute Gasteiger partial charge is 0.262 e. The maximum Gasteiger partial charge on any atom is 0.262 e. The van der Waals surface area contributed by atoms with Crippen LogP contribution in [0.25, 0.3) is 10.9 Å². The highest BCUT2D eigenvalue weighted by atomic mass is 19.3. The number of aromatic nitrogens is 3. The van der Waals surface area contributed by atoms with E-state index >= 15 is 0 Å². The van der Waals surface area contributed by atoms with Gasteiger partial charge in [-0.1, -0.05) is 6.07 Å². The summed E-state index contributed by atoms with van der Waals surface area (Å²) in [5, 5.41) is 17.4. The molecular formula is C23H24F3N9. The van der Waals surface area contributed by atoms with E-state index in [1.165, 1.54) is 24.7 Å². The van der Waals surface area contributed by atoms with Gasteiger partial charge in [0.15, 0.2) is 0 Å². The first-order valence-electron chi connectivity index (χ1n) is 10.8. The lowest BCUT2D eigenvalue weighted by molar-refractivity contribution is 0.0305. The molecule has 1 aliphatic carbocycles. The number of halogens is 3. The highest BCUT2D eigenvalue weighted by Crippen LogP contribution is 2.45. The van der Waals surface area contributed by atoms with Gasteiger partial charge in [0, 0.05) is 35.6 Å². The van der Waals surface area contributed by atoms with Gasteiger partial charge in [0.2, 0.25) is 5.95 Å². The molecule has 182 valence electrons. The van der Waals surface area contributed by atoms with Crippen LogP contribution in [-0.4, -0.2) is 39.0 Å². The van der Waals surface area contributed by atoms with Crippen molar-refractivity contribution in [3.05, 3.63) is 65.3 Å². The van der Waals surface area contributed by atoms with Crippen molar-refractivity contribution in [2.45, 2.75) is 37.8 Å². The van der Waals surface area contributed by atoms with Crippen LogP contribution < -0.4 is 22.2 Å². The number of aryl methyl sites for hydroxylation is 1. The highest BCUT2D eigenvalue weighted by molar-refractivity contribution is 5.95. The third kappa shape index (κ3) is 4.50. The number of pyridine rings is 1. The average Bonchev–Trinajstić information content (AvgIpc) is 3.64. The van der Waals surface area contributed by atoms with Gasteiger partial charge in [0.1, 0.15) is 23.8 Å². The van der Waals surface area contributed by atoms with E-state index in [1.54, 1.807) is 26.1 Å². The topological polar surface area (TPSA) is 142 Å². The highest BCUT2D eigenvalue weighted by Gasteiger charge is 2.54. The van der Waals surface area contributed by atoms with Crippen molar-refractivity contribution in [1.29, 1.82) is 5.26 Å². The second-order valence-corrected chi connectivity index (χ2v) is 8.33. The van der Waals surface area contributed by atoms with Crippen LogP contribution in [0, 0.1) is 24.2 Å². The molecular weight excluding hydrogens is 459 g/mol. The standard InChI is InChI=1S/C23H24F3N9/c1-12-15(3-4-18(24)33-12)20(17(28)10-35(29)23(5-6-23)22(25)26)34-14-7-13(9-27)19-16(8-14)21(30-2)32-11-31-19/h3-4,7-8,10-11,20,22,34H,5-6,28-29H2,1-2H3,(H,30,31,32)/b17-10-. The van der Waals surface area contributed by atoms with E-state index < -0.39 is 24.0 Å². The van der Waals surface area contributed by atoms with Crippen LogP contribution in [0.4, 0.5) is 24.7 Å². The molecule has 0 bridgehead atoms. The monoisotopic (exact) mass is 483 g/mol. The van der Waals surface area contributed by atoms with Gasteiger partial charge in [-0.05, 0) is 38.0 Å². The lowest BCUT2D eigenvalue weighted by Gasteiger charge is -2.28. The van der Waals surface area contributed by atoms with Crippen molar-refractivity contribution in [1.82, 2.24) is 20.0 Å². The summed E-state index contributed by atoms with van der Waals surface area (Å²) in [5.74, 6) is 5.81. The molecule has 2 heterocycles. The van der Waals surface area contributed by atoms with E-state index in [4.69, 9.17) is 11.6 Å². The SMILES string of the molecule is CNc1ncnc2c(C#N)cc(NC(/C(N)=C/N(N)C3(C(F)F)CC3)c3ccc(F)nc3C)cc12. The van der Waals surface area contributed by atoms with Crippen molar-refractivity contribution in [2.75, 3.05) is 17.7 Å². The van der Waals surface area contributed by atoms with Crippen LogP contribution in [0.1, 0.15) is 35.7 Å². The molecule has 1 aliphatic rings. The normalized spacial score (nSPS) is 15.5. The van der Waals surface area contributed by atoms with Gasteiger partial charge in [0.05, 0.1) is 22.8 Å². The Kier molecular flexibility index (Phi) is 6.36. The van der Waals surface area contributed by atoms with Crippen LogP contribution >= 0.6 is 0 Å². The first-order valence-corrected chi connectivity index (χ1v) is 10.8. The fourth-order valence-corrected chi connectivity index (χ4v) is 3.97. The molecule has 0 radical (unpaired) electrons. The first kappa shape index (κ1) is 24.0. The van der Waals surface area contributed by atoms with Gasteiger partial charge in [-0.25, -0.2) is 29.6 Å². The fourth-order valence-electron chi connectivity index (χ4n) is 3.97. The number of alkyl halides is 2. The molecule has 4 rings (SSSR count). The Morgan fingerprint density at radius 2 is 2.03 bits per heavy atom. The quantitative estimate of drug-likeness (QED) is 0.216. The van der Waals surface area contributed by atoms with Gasteiger partial charge in [-0.2, -0.15) is 9.65 Å². The van der Waals surface area contributed by atoms with E-state index in [0.717, 1.165) is 5.01 Å². The zero-order valence-electron chi connectivity index (χ0n) is 19.1. The summed E-state index contributed by atoms with van der Waals surface area (Å²) in [6.45, 7) is 1.61. The van der Waals surface area contributed by atoms with Crippen LogP contribution in [0.15, 0.2) is 42.5 Å². The minimum atomic E-state index is -2.64. The zero-order chi connectivity index (χ0) is 25.3. The summed E-state index contributed by atoms with van der Waals surface area (Å²) in [6.07, 6.45) is 0.447. The predicted molar refractivity (Wildman–Crippen MR) is 125 cm³/mol. The largest absolute Gasteiger partial charge is 0.399 e. The average molecular weight is 484 g/mol. The molecule has 9 nitrogen and oxygen atoms in total. The first-order chi connectivity index (χ1) is 16.7. The van der Waals surface area contributed by atoms with Crippen molar-refractivity contribution < 1.29 is 13.2 Å². The second-order valence-electron chi connectivity index (χ2n) is 8.33. The molecule has 1 saturated carbocycles. The number of nitrogens with two attached hydrogens (primary N) is 2. The van der Waals surface area contributed by atoms with Gasteiger partial charge in [0.25, 0.3) is 6.43 Å². The summed E-state index contributed by atoms with van der Waals surface area (Å²) in [7, 11) is 1.69. The molecule has 0 spiro atoms. The molecule has 1 aromatic carbocycles. The Bertz CT molecular complexity index is 1330. The Balaban J connectivity index is 1.80. The number of rotatable bonds is 8. The van der Waals surface area contributed by atoms with Gasteiger partial charge < -0.3 is 21.4 Å². The molecule has 12 heteroatoms. The van der Waals surface area contributed by atoms with E-state index in [9.17, 15) is 18.4 Å². The van der Waals surface area contributed by atoms with E-state index in [1.807, 2.05) is 0 Å². The number of nitrogens with one attached hydrogen (secondary N) is 2. The lowest BCUT2D eigenvalue weighted by Crippen LogP contribution is -2.44. The molecule has 3 aromatic rings. The Morgan fingerprint density at radius 1 is 1.29 bits per heavy atom. The lowest BCUT2D eigenvalue weighted by atomic mass is 10.0. The van der Waals surface area contributed by atoms with Crippen LogP contribution in [-0.2, 0) is 0 Å². The van der Waals surface area contributed by atoms with E-state index in [-0.39, 0.29) is 24.1 Å². The maximum absolute atomic E-state index is 13.7. The minimum Gasteiger partial charge on any atom is -0.399 e. The second kappa shape index (κ2) is 9.27. The van der Waals surface area contributed by atoms with Gasteiger partial charge in [-0.15, -0.1) is 0 Å². The number of benzene rings is 1. The van der Waals surface area contributed by atoms with Crippen LogP contribution in [0.3, 0.4) is 0 Å². The molecule has 0 saturated heterocycles. The number of anilines is 2. The number of nitrogens with zero attached hydrogens (tertiary/aromatic N) is 5. The Hall–Kier alpha value is -4.11. The third-order valence-corrected chi connectivity index (χ3v) is 6.11. The van der Waals surface area contributed by atoms with E-state index in [2.05, 4.69) is 31.7 Å². The van der Waals surface area contributed by atoms with Crippen molar-refractivity contribution in [3.8, 4) is 6.07 Å². The molecule has 0 aliphatic heterocycles. The molecule has 35 heavy (non-hydrogen) atoms. The Labute approximate surface area is 199 Å². The zero-order valence-corrected chi connectivity index (χ0v) is 19.1. The molecule has 1 unspecified atom stereocenters. The summed E-state index contributed by atoms with van der Waals surface area (Å²) < 4.78 is 40.8. The minimum absolute atomic E-state index is 0.104.